The lowest BCUT2D eigenvalue weighted by Crippen LogP contribution is -2.30. The minimum atomic E-state index is 0.425. The van der Waals surface area contributed by atoms with Crippen molar-refractivity contribution in [3.8, 4) is 0 Å². The fraction of sp³-hybridized carbons (Fsp3) is 0.600. The largest absolute Gasteiger partial charge is 0.356 e. The Morgan fingerprint density at radius 3 is 2.88 bits per heavy atom. The van der Waals surface area contributed by atoms with Crippen molar-refractivity contribution in [2.75, 3.05) is 17.4 Å². The van der Waals surface area contributed by atoms with Crippen LogP contribution in [-0.4, -0.2) is 23.1 Å². The van der Waals surface area contributed by atoms with Crippen molar-refractivity contribution in [2.45, 2.75) is 32.7 Å². The highest BCUT2D eigenvalue weighted by molar-refractivity contribution is 9.10. The smallest absolute Gasteiger partial charge is 0.239 e. The van der Waals surface area contributed by atoms with Crippen LogP contribution >= 0.6 is 15.9 Å². The molecule has 6 heteroatoms. The van der Waals surface area contributed by atoms with Gasteiger partial charge in [0, 0.05) is 19.3 Å². The Hall–Kier alpha value is -0.880. The zero-order valence-electron chi connectivity index (χ0n) is 9.87. The summed E-state index contributed by atoms with van der Waals surface area (Å²) in [6.45, 7) is 4.35. The van der Waals surface area contributed by atoms with Gasteiger partial charge in [0.25, 0.3) is 0 Å². The van der Waals surface area contributed by atoms with E-state index in [1.807, 2.05) is 7.05 Å². The number of aromatic nitrogens is 2. The summed E-state index contributed by atoms with van der Waals surface area (Å²) in [6, 6.07) is 0.432. The van der Waals surface area contributed by atoms with Crippen LogP contribution in [0.25, 0.3) is 0 Å². The van der Waals surface area contributed by atoms with E-state index in [0.717, 1.165) is 23.1 Å². The highest BCUT2D eigenvalue weighted by Gasteiger charge is 2.14. The average molecular weight is 288 g/mol. The van der Waals surface area contributed by atoms with Crippen molar-refractivity contribution in [3.05, 3.63) is 10.7 Å². The third-order valence-corrected chi connectivity index (χ3v) is 3.12. The van der Waals surface area contributed by atoms with Crippen LogP contribution in [0.15, 0.2) is 10.7 Å². The van der Waals surface area contributed by atoms with Gasteiger partial charge in [-0.15, -0.1) is 0 Å². The standard InChI is InChI=1S/C10H18BrN5/c1-4-5-7(2)16(3)9-8(11)6-13-10(14-9)15-12/h6-7H,4-5,12H2,1-3H3,(H,13,14,15). The molecule has 0 spiro atoms. The molecule has 1 heterocycles. The van der Waals surface area contributed by atoms with Crippen LogP contribution in [0, 0.1) is 0 Å². The Bertz CT molecular complexity index is 344. The molecular weight excluding hydrogens is 270 g/mol. The minimum absolute atomic E-state index is 0.425. The summed E-state index contributed by atoms with van der Waals surface area (Å²) in [7, 11) is 2.02. The van der Waals surface area contributed by atoms with Crippen LogP contribution in [-0.2, 0) is 0 Å². The predicted molar refractivity (Wildman–Crippen MR) is 70.3 cm³/mol. The Morgan fingerprint density at radius 1 is 1.62 bits per heavy atom. The number of nitrogens with zero attached hydrogens (tertiary/aromatic N) is 3. The molecular formula is C10H18BrN5. The first-order valence-electron chi connectivity index (χ1n) is 5.32. The number of hydrazine groups is 1. The molecule has 1 rings (SSSR count). The lowest BCUT2D eigenvalue weighted by Gasteiger charge is -2.26. The molecule has 1 aromatic heterocycles. The summed E-state index contributed by atoms with van der Waals surface area (Å²) in [5, 5.41) is 0. The first-order chi connectivity index (χ1) is 7.60. The highest BCUT2D eigenvalue weighted by Crippen LogP contribution is 2.25. The highest BCUT2D eigenvalue weighted by atomic mass is 79.9. The summed E-state index contributed by atoms with van der Waals surface area (Å²) < 4.78 is 0.872. The maximum Gasteiger partial charge on any atom is 0.239 e. The number of nitrogen functional groups attached to an aromatic ring is 1. The topological polar surface area (TPSA) is 67.1 Å². The summed E-state index contributed by atoms with van der Waals surface area (Å²) in [6.07, 6.45) is 3.97. The Labute approximate surface area is 105 Å². The fourth-order valence-corrected chi connectivity index (χ4v) is 1.97. The number of nitrogens with two attached hydrogens (primary N) is 1. The lowest BCUT2D eigenvalue weighted by atomic mass is 10.2. The van der Waals surface area contributed by atoms with E-state index in [1.54, 1.807) is 6.20 Å². The zero-order valence-corrected chi connectivity index (χ0v) is 11.5. The SMILES string of the molecule is CCCC(C)N(C)c1nc(NN)ncc1Br. The van der Waals surface area contributed by atoms with Gasteiger partial charge in [0.1, 0.15) is 5.82 Å². The fourth-order valence-electron chi connectivity index (χ4n) is 1.50. The molecule has 0 aromatic carbocycles. The molecule has 0 saturated heterocycles. The third kappa shape index (κ3) is 3.05. The quantitative estimate of drug-likeness (QED) is 0.642. The molecule has 0 saturated carbocycles. The molecule has 5 nitrogen and oxygen atoms in total. The van der Waals surface area contributed by atoms with Crippen LogP contribution in [0.1, 0.15) is 26.7 Å². The normalized spacial score (nSPS) is 12.3. The molecule has 16 heavy (non-hydrogen) atoms. The average Bonchev–Trinajstić information content (AvgIpc) is 2.29. The van der Waals surface area contributed by atoms with Crippen molar-refractivity contribution in [2.24, 2.45) is 5.84 Å². The molecule has 0 fully saturated rings. The Balaban J connectivity index is 2.92. The van der Waals surface area contributed by atoms with E-state index in [2.05, 4.69) is 50.1 Å². The molecule has 0 radical (unpaired) electrons. The molecule has 0 bridgehead atoms. The second kappa shape index (κ2) is 6.00. The van der Waals surface area contributed by atoms with E-state index in [9.17, 15) is 0 Å². The Kier molecular flexibility index (Phi) is 4.95. The molecule has 3 N–H and O–H groups in total. The second-order valence-corrected chi connectivity index (χ2v) is 4.61. The lowest BCUT2D eigenvalue weighted by molar-refractivity contribution is 0.610. The number of hydrogen-bond acceptors (Lipinski definition) is 5. The van der Waals surface area contributed by atoms with Gasteiger partial charge in [0.05, 0.1) is 4.47 Å². The number of nitrogens with one attached hydrogen (secondary N) is 1. The van der Waals surface area contributed by atoms with Crippen molar-refractivity contribution in [1.29, 1.82) is 0 Å². The van der Waals surface area contributed by atoms with Gasteiger partial charge in [-0.05, 0) is 29.3 Å². The maximum atomic E-state index is 5.29. The van der Waals surface area contributed by atoms with E-state index < -0.39 is 0 Å². The van der Waals surface area contributed by atoms with Crippen LogP contribution in [0.2, 0.25) is 0 Å². The van der Waals surface area contributed by atoms with Gasteiger partial charge in [-0.25, -0.2) is 10.8 Å². The zero-order chi connectivity index (χ0) is 12.1. The summed E-state index contributed by atoms with van der Waals surface area (Å²) in [5.74, 6) is 6.57. The molecule has 0 aliphatic rings. The molecule has 0 aliphatic heterocycles. The van der Waals surface area contributed by atoms with Gasteiger partial charge in [0.2, 0.25) is 5.95 Å². The van der Waals surface area contributed by atoms with Crippen molar-refractivity contribution >= 4 is 27.7 Å². The summed E-state index contributed by atoms with van der Waals surface area (Å²) in [5.41, 5.74) is 2.45. The van der Waals surface area contributed by atoms with Crippen LogP contribution in [0.4, 0.5) is 11.8 Å². The third-order valence-electron chi connectivity index (χ3n) is 2.56. The van der Waals surface area contributed by atoms with Gasteiger partial charge >= 0.3 is 0 Å². The first kappa shape index (κ1) is 13.2. The monoisotopic (exact) mass is 287 g/mol. The van der Waals surface area contributed by atoms with Crippen molar-refractivity contribution in [3.63, 3.8) is 0 Å². The van der Waals surface area contributed by atoms with Gasteiger partial charge in [-0.1, -0.05) is 13.3 Å². The molecule has 1 aromatic rings. The van der Waals surface area contributed by atoms with E-state index in [0.29, 0.717) is 12.0 Å². The van der Waals surface area contributed by atoms with Gasteiger partial charge in [0.15, 0.2) is 0 Å². The number of anilines is 2. The maximum absolute atomic E-state index is 5.29. The van der Waals surface area contributed by atoms with E-state index >= 15 is 0 Å². The van der Waals surface area contributed by atoms with E-state index in [1.165, 1.54) is 0 Å². The van der Waals surface area contributed by atoms with Crippen molar-refractivity contribution < 1.29 is 0 Å². The van der Waals surface area contributed by atoms with Crippen molar-refractivity contribution in [1.82, 2.24) is 9.97 Å². The molecule has 0 aliphatic carbocycles. The molecule has 1 atom stereocenters. The van der Waals surface area contributed by atoms with E-state index in [-0.39, 0.29) is 0 Å². The number of hydrogen-bond donors (Lipinski definition) is 2. The first-order valence-corrected chi connectivity index (χ1v) is 6.11. The van der Waals surface area contributed by atoms with Crippen LogP contribution < -0.4 is 16.2 Å². The minimum Gasteiger partial charge on any atom is -0.356 e. The van der Waals surface area contributed by atoms with Gasteiger partial charge < -0.3 is 4.90 Å². The molecule has 0 amide bonds. The van der Waals surface area contributed by atoms with Crippen LogP contribution in [0.3, 0.4) is 0 Å². The predicted octanol–water partition coefficient (Wildman–Crippen LogP) is 2.15. The second-order valence-electron chi connectivity index (χ2n) is 3.76. The Morgan fingerprint density at radius 2 is 2.31 bits per heavy atom. The van der Waals surface area contributed by atoms with Crippen LogP contribution in [0.5, 0.6) is 0 Å². The van der Waals surface area contributed by atoms with Gasteiger partial charge in [-0.3, -0.25) is 5.43 Å². The van der Waals surface area contributed by atoms with E-state index in [4.69, 9.17) is 5.84 Å². The summed E-state index contributed by atoms with van der Waals surface area (Å²) >= 11 is 3.44. The molecule has 1 unspecified atom stereocenters. The number of halogens is 1. The van der Waals surface area contributed by atoms with Gasteiger partial charge in [-0.2, -0.15) is 4.98 Å². The summed E-state index contributed by atoms with van der Waals surface area (Å²) in [4.78, 5) is 10.5. The number of rotatable bonds is 5. The molecule has 90 valence electrons.